The van der Waals surface area contributed by atoms with Gasteiger partial charge in [-0.15, -0.1) is 0 Å². The van der Waals surface area contributed by atoms with Crippen molar-refractivity contribution < 1.29 is 14.3 Å². The predicted octanol–water partition coefficient (Wildman–Crippen LogP) is 2.36. The Labute approximate surface area is 112 Å². The van der Waals surface area contributed by atoms with Crippen molar-refractivity contribution in [2.75, 3.05) is 0 Å². The maximum Gasteiger partial charge on any atom is 0.179 e. The minimum Gasteiger partial charge on any atom is -0.340 e. The normalized spacial score (nSPS) is 37.9. The molecule has 0 N–H and O–H groups in total. The lowest BCUT2D eigenvalue weighted by Gasteiger charge is -2.40. The van der Waals surface area contributed by atoms with Gasteiger partial charge in [0.2, 0.25) is 0 Å². The zero-order valence-electron chi connectivity index (χ0n) is 11.1. The Kier molecular flexibility index (Phi) is 2.01. The summed E-state index contributed by atoms with van der Waals surface area (Å²) in [6.07, 6.45) is 4.31. The van der Waals surface area contributed by atoms with Crippen molar-refractivity contribution in [2.45, 2.75) is 43.7 Å². The third kappa shape index (κ3) is 1.37. The van der Waals surface area contributed by atoms with E-state index in [9.17, 15) is 4.79 Å². The smallest absolute Gasteiger partial charge is 0.179 e. The van der Waals surface area contributed by atoms with Crippen molar-refractivity contribution in [1.29, 1.82) is 0 Å². The van der Waals surface area contributed by atoms with Gasteiger partial charge in [-0.2, -0.15) is 0 Å². The van der Waals surface area contributed by atoms with E-state index in [1.54, 1.807) is 0 Å². The summed E-state index contributed by atoms with van der Waals surface area (Å²) in [4.78, 5) is 12.8. The largest absolute Gasteiger partial charge is 0.340 e. The number of carbonyl (C=O) groups excluding carboxylic acids is 1. The standard InChI is InChI=1S/C16H16O3/c1-15(2)18-13-8-7-12-11-6-4-3-5-10(11)9-16(13,19-15)14(12)17/h3-8,12-13H,9H2,1-2H3/t12-,13?,16+/m0/s1. The molecule has 3 nitrogen and oxygen atoms in total. The Hall–Kier alpha value is -1.45. The lowest BCUT2D eigenvalue weighted by atomic mass is 9.67. The van der Waals surface area contributed by atoms with Crippen LogP contribution in [0.4, 0.5) is 0 Å². The van der Waals surface area contributed by atoms with Crippen molar-refractivity contribution in [3.8, 4) is 0 Å². The molecule has 1 saturated heterocycles. The van der Waals surface area contributed by atoms with Crippen molar-refractivity contribution in [2.24, 2.45) is 0 Å². The fourth-order valence-electron chi connectivity index (χ4n) is 3.62. The Bertz CT molecular complexity index is 602. The molecule has 3 heteroatoms. The summed E-state index contributed by atoms with van der Waals surface area (Å²) < 4.78 is 11.9. The Morgan fingerprint density at radius 2 is 2.00 bits per heavy atom. The van der Waals surface area contributed by atoms with Crippen molar-refractivity contribution in [3.63, 3.8) is 0 Å². The van der Waals surface area contributed by atoms with Crippen LogP contribution >= 0.6 is 0 Å². The highest BCUT2D eigenvalue weighted by atomic mass is 16.8. The third-order valence-electron chi connectivity index (χ3n) is 4.32. The number of rotatable bonds is 0. The molecule has 2 bridgehead atoms. The zero-order chi connectivity index (χ0) is 13.3. The molecule has 19 heavy (non-hydrogen) atoms. The highest BCUT2D eigenvalue weighted by molar-refractivity contribution is 5.99. The highest BCUT2D eigenvalue weighted by Gasteiger charge is 2.61. The van der Waals surface area contributed by atoms with Crippen LogP contribution in [-0.2, 0) is 20.7 Å². The molecule has 98 valence electrons. The van der Waals surface area contributed by atoms with E-state index in [1.165, 1.54) is 5.56 Å². The first-order chi connectivity index (χ1) is 9.02. The quantitative estimate of drug-likeness (QED) is 0.668. The summed E-state index contributed by atoms with van der Waals surface area (Å²) in [6.45, 7) is 3.74. The van der Waals surface area contributed by atoms with Gasteiger partial charge in [0.05, 0.1) is 5.92 Å². The van der Waals surface area contributed by atoms with Crippen LogP contribution in [0, 0.1) is 0 Å². The number of hydrogen-bond acceptors (Lipinski definition) is 3. The van der Waals surface area contributed by atoms with E-state index >= 15 is 0 Å². The second-order valence-corrected chi connectivity index (χ2v) is 6.03. The SMILES string of the molecule is CC1(C)OC2C=C[C@@H]3C(=O)[C@]2(Cc2ccccc23)O1. The molecule has 1 aromatic carbocycles. The summed E-state index contributed by atoms with van der Waals surface area (Å²) >= 11 is 0. The van der Waals surface area contributed by atoms with E-state index in [0.29, 0.717) is 6.42 Å². The molecule has 0 amide bonds. The van der Waals surface area contributed by atoms with E-state index in [0.717, 1.165) is 5.56 Å². The predicted molar refractivity (Wildman–Crippen MR) is 69.8 cm³/mol. The van der Waals surface area contributed by atoms with E-state index in [2.05, 4.69) is 6.07 Å². The lowest BCUT2D eigenvalue weighted by molar-refractivity contribution is -0.173. The maximum absolute atomic E-state index is 12.8. The molecule has 2 aliphatic carbocycles. The summed E-state index contributed by atoms with van der Waals surface area (Å²) in [5, 5.41) is 0. The number of hydrogen-bond donors (Lipinski definition) is 0. The molecule has 4 rings (SSSR count). The van der Waals surface area contributed by atoms with Gasteiger partial charge in [0.25, 0.3) is 0 Å². The molecule has 0 saturated carbocycles. The number of ketones is 1. The summed E-state index contributed by atoms with van der Waals surface area (Å²) in [6, 6.07) is 8.12. The number of Topliss-reactive ketones (excluding diaryl/α,β-unsaturated/α-hetero) is 1. The van der Waals surface area contributed by atoms with Crippen LogP contribution in [0.1, 0.15) is 30.9 Å². The average molecular weight is 256 g/mol. The van der Waals surface area contributed by atoms with E-state index < -0.39 is 11.4 Å². The van der Waals surface area contributed by atoms with Crippen LogP contribution in [0.3, 0.4) is 0 Å². The molecule has 1 aliphatic heterocycles. The first-order valence-corrected chi connectivity index (χ1v) is 6.70. The summed E-state index contributed by atoms with van der Waals surface area (Å²) in [5.74, 6) is -0.741. The number of allylic oxidation sites excluding steroid dienone is 1. The second kappa shape index (κ2) is 3.35. The van der Waals surface area contributed by atoms with Gasteiger partial charge in [-0.1, -0.05) is 36.4 Å². The van der Waals surface area contributed by atoms with Crippen molar-refractivity contribution in [1.82, 2.24) is 0 Å². The molecule has 0 radical (unpaired) electrons. The topological polar surface area (TPSA) is 35.5 Å². The van der Waals surface area contributed by atoms with Crippen LogP contribution in [0.2, 0.25) is 0 Å². The van der Waals surface area contributed by atoms with Crippen LogP contribution in [0.15, 0.2) is 36.4 Å². The van der Waals surface area contributed by atoms with Gasteiger partial charge in [-0.3, -0.25) is 4.79 Å². The molecular weight excluding hydrogens is 240 g/mol. The number of benzene rings is 1. The molecular formula is C16H16O3. The van der Waals surface area contributed by atoms with E-state index in [-0.39, 0.29) is 17.8 Å². The Morgan fingerprint density at radius 3 is 2.84 bits per heavy atom. The maximum atomic E-state index is 12.8. The van der Waals surface area contributed by atoms with Gasteiger partial charge in [0.15, 0.2) is 17.2 Å². The molecule has 1 heterocycles. The highest BCUT2D eigenvalue weighted by Crippen LogP contribution is 2.49. The summed E-state index contributed by atoms with van der Waals surface area (Å²) in [5.41, 5.74) is 1.49. The first-order valence-electron chi connectivity index (χ1n) is 6.70. The van der Waals surface area contributed by atoms with Gasteiger partial charge in [-0.25, -0.2) is 0 Å². The van der Waals surface area contributed by atoms with Crippen LogP contribution in [-0.4, -0.2) is 23.3 Å². The number of fused-ring (bicyclic) bond motifs is 3. The fourth-order valence-corrected chi connectivity index (χ4v) is 3.62. The minimum atomic E-state index is -0.822. The first kappa shape index (κ1) is 11.4. The number of ether oxygens (including phenoxy) is 2. The zero-order valence-corrected chi connectivity index (χ0v) is 11.1. The van der Waals surface area contributed by atoms with E-state index in [4.69, 9.17) is 9.47 Å². The number of carbonyl (C=O) groups is 1. The van der Waals surface area contributed by atoms with Crippen LogP contribution in [0.25, 0.3) is 0 Å². The molecule has 1 aromatic rings. The Morgan fingerprint density at radius 1 is 1.21 bits per heavy atom. The van der Waals surface area contributed by atoms with Crippen molar-refractivity contribution in [3.05, 3.63) is 47.5 Å². The van der Waals surface area contributed by atoms with Gasteiger partial charge < -0.3 is 9.47 Å². The third-order valence-corrected chi connectivity index (χ3v) is 4.32. The second-order valence-electron chi connectivity index (χ2n) is 6.03. The molecule has 3 aliphatic rings. The summed E-state index contributed by atoms with van der Waals surface area (Å²) in [7, 11) is 0. The van der Waals surface area contributed by atoms with Gasteiger partial charge >= 0.3 is 0 Å². The lowest BCUT2D eigenvalue weighted by Crippen LogP contribution is -2.55. The Balaban J connectivity index is 1.91. The average Bonchev–Trinajstić information content (AvgIpc) is 2.61. The molecule has 3 atom stereocenters. The monoisotopic (exact) mass is 256 g/mol. The van der Waals surface area contributed by atoms with Crippen LogP contribution < -0.4 is 0 Å². The van der Waals surface area contributed by atoms with Crippen LogP contribution in [0.5, 0.6) is 0 Å². The van der Waals surface area contributed by atoms with Gasteiger partial charge in [0.1, 0.15) is 6.10 Å². The molecule has 1 unspecified atom stereocenters. The van der Waals surface area contributed by atoms with E-state index in [1.807, 2.05) is 44.2 Å². The molecule has 1 fully saturated rings. The molecule has 0 aromatic heterocycles. The minimum absolute atomic E-state index is 0.143. The van der Waals surface area contributed by atoms with Gasteiger partial charge in [0, 0.05) is 6.42 Å². The van der Waals surface area contributed by atoms with Crippen molar-refractivity contribution >= 4 is 5.78 Å². The van der Waals surface area contributed by atoms with Gasteiger partial charge in [-0.05, 0) is 25.0 Å². The molecule has 1 spiro atoms. The fraction of sp³-hybridized carbons (Fsp3) is 0.438.